The van der Waals surface area contributed by atoms with Gasteiger partial charge in [0.2, 0.25) is 0 Å². The summed E-state index contributed by atoms with van der Waals surface area (Å²) < 4.78 is 1.96. The molecular formula is C22H29N3S. The van der Waals surface area contributed by atoms with Gasteiger partial charge in [-0.3, -0.25) is 0 Å². The summed E-state index contributed by atoms with van der Waals surface area (Å²) in [5.41, 5.74) is 6.90. The summed E-state index contributed by atoms with van der Waals surface area (Å²) in [4.78, 5) is 2.59. The quantitative estimate of drug-likeness (QED) is 0.277. The lowest BCUT2D eigenvalue weighted by atomic mass is 9.90. The molecule has 3 rings (SSSR count). The minimum Gasteiger partial charge on any atom is -0.371 e. The van der Waals surface area contributed by atoms with E-state index in [0.717, 1.165) is 11.4 Å². The van der Waals surface area contributed by atoms with Crippen LogP contribution in [0.1, 0.15) is 43.4 Å². The number of benzene rings is 1. The van der Waals surface area contributed by atoms with E-state index in [-0.39, 0.29) is 0 Å². The number of aryl methyl sites for hydroxylation is 2. The predicted octanol–water partition coefficient (Wildman–Crippen LogP) is 5.44. The molecule has 0 unspecified atom stereocenters. The number of anilines is 1. The standard InChI is InChI=1S/C22H29N3S/c1-4-9-21(25(23-5-2)26-6-3)13-12-18-16-19-10-7-14-24-15-8-11-20(17-18)22(19)24/h4-5,9,12-13,16-17H,1,6-8,10-11,14-15H2,2-3H3/b13-12+,21-9-,23-5+. The fourth-order valence-corrected chi connectivity index (χ4v) is 4.49. The molecule has 0 spiro atoms. The van der Waals surface area contributed by atoms with E-state index < -0.39 is 0 Å². The molecule has 0 saturated carbocycles. The molecule has 2 aliphatic heterocycles. The Morgan fingerprint density at radius 3 is 2.54 bits per heavy atom. The second kappa shape index (κ2) is 9.13. The van der Waals surface area contributed by atoms with E-state index in [4.69, 9.17) is 0 Å². The number of hydrogen-bond donors (Lipinski definition) is 0. The van der Waals surface area contributed by atoms with Crippen LogP contribution in [0.3, 0.4) is 0 Å². The van der Waals surface area contributed by atoms with Crippen molar-refractivity contribution in [2.75, 3.05) is 23.7 Å². The van der Waals surface area contributed by atoms with Crippen LogP contribution < -0.4 is 4.90 Å². The number of rotatable bonds is 7. The molecule has 1 aromatic rings. The third-order valence-corrected chi connectivity index (χ3v) is 5.59. The average molecular weight is 368 g/mol. The Labute approximate surface area is 162 Å². The molecule has 3 nitrogen and oxygen atoms in total. The molecule has 0 aliphatic carbocycles. The van der Waals surface area contributed by atoms with Crippen molar-refractivity contribution >= 4 is 29.9 Å². The van der Waals surface area contributed by atoms with E-state index >= 15 is 0 Å². The Bertz CT molecular complexity index is 702. The largest absolute Gasteiger partial charge is 0.371 e. The van der Waals surface area contributed by atoms with E-state index in [1.54, 1.807) is 11.9 Å². The molecular weight excluding hydrogens is 338 g/mol. The summed E-state index contributed by atoms with van der Waals surface area (Å²) in [5.74, 6) is 0.971. The van der Waals surface area contributed by atoms with Gasteiger partial charge in [0.15, 0.2) is 0 Å². The van der Waals surface area contributed by atoms with Crippen LogP contribution in [0, 0.1) is 0 Å². The highest BCUT2D eigenvalue weighted by Gasteiger charge is 2.23. The third-order valence-electron chi connectivity index (χ3n) is 4.78. The van der Waals surface area contributed by atoms with Gasteiger partial charge in [0.25, 0.3) is 0 Å². The minimum absolute atomic E-state index is 0.971. The van der Waals surface area contributed by atoms with Gasteiger partial charge in [-0.2, -0.15) is 5.10 Å². The second-order valence-corrected chi connectivity index (χ2v) is 7.79. The fraction of sp³-hybridized carbons (Fsp3) is 0.409. The summed E-state index contributed by atoms with van der Waals surface area (Å²) in [6.07, 6.45) is 15.0. The highest BCUT2D eigenvalue weighted by molar-refractivity contribution is 7.97. The molecule has 2 heterocycles. The molecule has 1 aromatic carbocycles. The van der Waals surface area contributed by atoms with Crippen LogP contribution in [0.2, 0.25) is 0 Å². The van der Waals surface area contributed by atoms with Crippen LogP contribution >= 0.6 is 11.9 Å². The SMILES string of the molecule is C=C/C=C(/C=C/c1cc2c3c(c1)CCCN3CCC2)N(/N=C/C)SCC. The Morgan fingerprint density at radius 2 is 1.96 bits per heavy atom. The first kappa shape index (κ1) is 18.8. The molecule has 138 valence electrons. The highest BCUT2D eigenvalue weighted by atomic mass is 32.2. The first-order valence-corrected chi connectivity index (χ1v) is 10.5. The molecule has 0 saturated heterocycles. The molecule has 0 atom stereocenters. The van der Waals surface area contributed by atoms with E-state index in [9.17, 15) is 0 Å². The Morgan fingerprint density at radius 1 is 1.27 bits per heavy atom. The summed E-state index contributed by atoms with van der Waals surface area (Å²) in [6.45, 7) is 10.4. The van der Waals surface area contributed by atoms with Gasteiger partial charge in [-0.15, -0.1) is 0 Å². The van der Waals surface area contributed by atoms with Crippen molar-refractivity contribution in [2.24, 2.45) is 5.10 Å². The van der Waals surface area contributed by atoms with Gasteiger partial charge in [0.1, 0.15) is 0 Å². The maximum atomic E-state index is 4.47. The Balaban J connectivity index is 1.89. The van der Waals surface area contributed by atoms with Gasteiger partial charge in [0, 0.05) is 30.7 Å². The van der Waals surface area contributed by atoms with Gasteiger partial charge in [-0.25, -0.2) is 4.41 Å². The summed E-state index contributed by atoms with van der Waals surface area (Å²) in [5, 5.41) is 4.47. The van der Waals surface area contributed by atoms with E-state index in [1.807, 2.05) is 29.7 Å². The Hall–Kier alpha value is -1.94. The molecule has 0 fully saturated rings. The number of allylic oxidation sites excluding steroid dienone is 3. The van der Waals surface area contributed by atoms with Crippen molar-refractivity contribution in [1.29, 1.82) is 0 Å². The monoisotopic (exact) mass is 367 g/mol. The average Bonchev–Trinajstić information content (AvgIpc) is 2.65. The minimum atomic E-state index is 0.971. The normalized spacial score (nSPS) is 17.0. The van der Waals surface area contributed by atoms with Crippen LogP contribution in [-0.2, 0) is 12.8 Å². The number of hydrogen-bond acceptors (Lipinski definition) is 4. The molecule has 2 aliphatic rings. The molecule has 26 heavy (non-hydrogen) atoms. The van der Waals surface area contributed by atoms with Gasteiger partial charge in [0.05, 0.1) is 5.70 Å². The van der Waals surface area contributed by atoms with Crippen molar-refractivity contribution in [3.63, 3.8) is 0 Å². The molecule has 0 N–H and O–H groups in total. The van der Waals surface area contributed by atoms with Crippen LogP contribution in [0.15, 0.2) is 47.7 Å². The lowest BCUT2D eigenvalue weighted by Crippen LogP contribution is -2.34. The van der Waals surface area contributed by atoms with Crippen molar-refractivity contribution in [1.82, 2.24) is 4.41 Å². The number of hydrazone groups is 1. The Kier molecular flexibility index (Phi) is 6.62. The van der Waals surface area contributed by atoms with Crippen LogP contribution in [0.25, 0.3) is 6.08 Å². The van der Waals surface area contributed by atoms with Crippen molar-refractivity contribution in [2.45, 2.75) is 39.5 Å². The number of nitrogens with zero attached hydrogens (tertiary/aromatic N) is 3. The van der Waals surface area contributed by atoms with E-state index in [1.165, 1.54) is 61.2 Å². The van der Waals surface area contributed by atoms with Crippen molar-refractivity contribution in [3.05, 3.63) is 59.3 Å². The van der Waals surface area contributed by atoms with Crippen LogP contribution in [0.4, 0.5) is 5.69 Å². The topological polar surface area (TPSA) is 18.8 Å². The summed E-state index contributed by atoms with van der Waals surface area (Å²) >= 11 is 1.69. The zero-order chi connectivity index (χ0) is 18.4. The zero-order valence-corrected chi connectivity index (χ0v) is 16.8. The zero-order valence-electron chi connectivity index (χ0n) is 15.9. The van der Waals surface area contributed by atoms with Gasteiger partial charge in [-0.1, -0.05) is 25.7 Å². The molecule has 0 aromatic heterocycles. The van der Waals surface area contributed by atoms with Crippen LogP contribution in [0.5, 0.6) is 0 Å². The van der Waals surface area contributed by atoms with E-state index in [2.05, 4.69) is 47.8 Å². The van der Waals surface area contributed by atoms with Crippen molar-refractivity contribution < 1.29 is 0 Å². The van der Waals surface area contributed by atoms with E-state index in [0.29, 0.717) is 0 Å². The smallest absolute Gasteiger partial charge is 0.0722 e. The fourth-order valence-electron chi connectivity index (χ4n) is 3.81. The lowest BCUT2D eigenvalue weighted by molar-refractivity contribution is 0.634. The molecule has 0 bridgehead atoms. The highest BCUT2D eigenvalue weighted by Crippen LogP contribution is 2.36. The summed E-state index contributed by atoms with van der Waals surface area (Å²) in [7, 11) is 0. The van der Waals surface area contributed by atoms with Gasteiger partial charge in [-0.05, 0) is 85.5 Å². The lowest BCUT2D eigenvalue weighted by Gasteiger charge is -2.37. The maximum absolute atomic E-state index is 4.47. The second-order valence-electron chi connectivity index (χ2n) is 6.61. The predicted molar refractivity (Wildman–Crippen MR) is 117 cm³/mol. The third kappa shape index (κ3) is 4.24. The molecule has 4 heteroatoms. The first-order valence-electron chi connectivity index (χ1n) is 9.60. The molecule has 0 radical (unpaired) electrons. The summed E-state index contributed by atoms with van der Waals surface area (Å²) in [6, 6.07) is 4.75. The van der Waals surface area contributed by atoms with Gasteiger partial charge < -0.3 is 4.90 Å². The van der Waals surface area contributed by atoms with Crippen LogP contribution in [-0.4, -0.2) is 29.5 Å². The first-order chi connectivity index (χ1) is 12.8. The molecule has 0 amide bonds. The maximum Gasteiger partial charge on any atom is 0.0722 e. The van der Waals surface area contributed by atoms with Crippen molar-refractivity contribution in [3.8, 4) is 0 Å². The van der Waals surface area contributed by atoms with Gasteiger partial charge >= 0.3 is 0 Å².